The second-order valence-electron chi connectivity index (χ2n) is 6.75. The van der Waals surface area contributed by atoms with Gasteiger partial charge < -0.3 is 15.4 Å². The molecule has 0 aliphatic heterocycles. The van der Waals surface area contributed by atoms with E-state index in [0.717, 1.165) is 12.5 Å². The van der Waals surface area contributed by atoms with E-state index in [2.05, 4.69) is 81.4 Å². The summed E-state index contributed by atoms with van der Waals surface area (Å²) in [6.45, 7) is 14.7. The molecule has 124 valence electrons. The number of nitrogens with zero attached hydrogens (tertiary/aromatic N) is 1. The first-order valence-corrected chi connectivity index (χ1v) is 8.06. The standard InChI is InChI=1S/C18H31N3O/c1-7-19-17(21-18(4,5)6)20-12-15-9-8-10-16(11-15)13-22-14(2)3/h8-11,14H,7,12-13H2,1-6H3,(H2,19,20,21). The first-order chi connectivity index (χ1) is 10.3. The molecule has 0 fully saturated rings. The van der Waals surface area contributed by atoms with Gasteiger partial charge in [0.1, 0.15) is 0 Å². The van der Waals surface area contributed by atoms with Crippen molar-refractivity contribution in [2.45, 2.75) is 66.3 Å². The second kappa shape index (κ2) is 8.79. The summed E-state index contributed by atoms with van der Waals surface area (Å²) in [5, 5.41) is 6.67. The van der Waals surface area contributed by atoms with E-state index in [0.29, 0.717) is 13.2 Å². The predicted molar refractivity (Wildman–Crippen MR) is 94.1 cm³/mol. The fourth-order valence-electron chi connectivity index (χ4n) is 1.91. The maximum Gasteiger partial charge on any atom is 0.191 e. The van der Waals surface area contributed by atoms with E-state index in [4.69, 9.17) is 4.74 Å². The summed E-state index contributed by atoms with van der Waals surface area (Å²) in [5.74, 6) is 0.846. The van der Waals surface area contributed by atoms with E-state index >= 15 is 0 Å². The SMILES string of the molecule is CCNC(=NCc1cccc(COC(C)C)c1)NC(C)(C)C. The molecule has 0 aliphatic rings. The van der Waals surface area contributed by atoms with Gasteiger partial charge in [0.05, 0.1) is 19.3 Å². The summed E-state index contributed by atoms with van der Waals surface area (Å²) in [6, 6.07) is 8.41. The summed E-state index contributed by atoms with van der Waals surface area (Å²) in [5.41, 5.74) is 2.37. The number of ether oxygens (including phenoxy) is 1. The third-order valence-corrected chi connectivity index (χ3v) is 2.83. The van der Waals surface area contributed by atoms with Crippen LogP contribution in [0.2, 0.25) is 0 Å². The Hall–Kier alpha value is -1.55. The number of nitrogens with one attached hydrogen (secondary N) is 2. The van der Waals surface area contributed by atoms with Crippen LogP contribution < -0.4 is 10.6 Å². The Balaban J connectivity index is 2.70. The minimum absolute atomic E-state index is 0.00600. The van der Waals surface area contributed by atoms with Crippen LogP contribution in [0, 0.1) is 0 Å². The molecule has 0 heterocycles. The molecule has 0 aromatic heterocycles. The van der Waals surface area contributed by atoms with Gasteiger partial charge >= 0.3 is 0 Å². The lowest BCUT2D eigenvalue weighted by atomic mass is 10.1. The van der Waals surface area contributed by atoms with Gasteiger partial charge in [-0.05, 0) is 52.7 Å². The summed E-state index contributed by atoms with van der Waals surface area (Å²) in [4.78, 5) is 4.66. The molecule has 1 rings (SSSR count). The van der Waals surface area contributed by atoms with E-state index in [9.17, 15) is 0 Å². The Kier molecular flexibility index (Phi) is 7.39. The van der Waals surface area contributed by atoms with Crippen LogP contribution in [0.15, 0.2) is 29.3 Å². The molecule has 0 atom stereocenters. The van der Waals surface area contributed by atoms with Crippen molar-refractivity contribution in [3.05, 3.63) is 35.4 Å². The fraction of sp³-hybridized carbons (Fsp3) is 0.611. The van der Waals surface area contributed by atoms with Gasteiger partial charge in [0.15, 0.2) is 5.96 Å². The van der Waals surface area contributed by atoms with Crippen molar-refractivity contribution in [1.82, 2.24) is 10.6 Å². The number of guanidine groups is 1. The first-order valence-electron chi connectivity index (χ1n) is 8.06. The highest BCUT2D eigenvalue weighted by Crippen LogP contribution is 2.09. The summed E-state index contributed by atoms with van der Waals surface area (Å²) < 4.78 is 5.65. The van der Waals surface area contributed by atoms with Gasteiger partial charge in [-0.3, -0.25) is 0 Å². The van der Waals surface area contributed by atoms with Gasteiger partial charge in [-0.15, -0.1) is 0 Å². The minimum Gasteiger partial charge on any atom is -0.374 e. The molecule has 4 nitrogen and oxygen atoms in total. The Labute approximate surface area is 135 Å². The molecule has 0 aliphatic carbocycles. The van der Waals surface area contributed by atoms with Crippen molar-refractivity contribution < 1.29 is 4.74 Å². The number of rotatable bonds is 6. The highest BCUT2D eigenvalue weighted by Gasteiger charge is 2.11. The molecule has 0 spiro atoms. The van der Waals surface area contributed by atoms with E-state index < -0.39 is 0 Å². The van der Waals surface area contributed by atoms with Crippen molar-refractivity contribution in [2.24, 2.45) is 4.99 Å². The summed E-state index contributed by atoms with van der Waals surface area (Å²) >= 11 is 0. The Morgan fingerprint density at radius 1 is 1.23 bits per heavy atom. The van der Waals surface area contributed by atoms with Crippen LogP contribution >= 0.6 is 0 Å². The summed E-state index contributed by atoms with van der Waals surface area (Å²) in [7, 11) is 0. The van der Waals surface area contributed by atoms with Gasteiger partial charge in [0.25, 0.3) is 0 Å². The zero-order valence-corrected chi connectivity index (χ0v) is 14.9. The maximum atomic E-state index is 5.65. The van der Waals surface area contributed by atoms with Gasteiger partial charge in [0, 0.05) is 12.1 Å². The maximum absolute atomic E-state index is 5.65. The molecule has 1 aromatic carbocycles. The molecule has 0 unspecified atom stereocenters. The average molecular weight is 305 g/mol. The Morgan fingerprint density at radius 2 is 1.91 bits per heavy atom. The molecule has 4 heteroatoms. The quantitative estimate of drug-likeness (QED) is 0.625. The largest absolute Gasteiger partial charge is 0.374 e. The van der Waals surface area contributed by atoms with E-state index in [1.54, 1.807) is 0 Å². The topological polar surface area (TPSA) is 45.7 Å². The normalized spacial score (nSPS) is 12.6. The molecule has 0 radical (unpaired) electrons. The van der Waals surface area contributed by atoms with Gasteiger partial charge in [-0.1, -0.05) is 24.3 Å². The molecule has 0 saturated carbocycles. The van der Waals surface area contributed by atoms with Gasteiger partial charge in [-0.25, -0.2) is 4.99 Å². The molecule has 0 amide bonds. The number of benzene rings is 1. The van der Waals surface area contributed by atoms with Crippen LogP contribution in [0.5, 0.6) is 0 Å². The molecule has 0 saturated heterocycles. The smallest absolute Gasteiger partial charge is 0.191 e. The molecule has 0 bridgehead atoms. The monoisotopic (exact) mass is 305 g/mol. The molecule has 1 aromatic rings. The lowest BCUT2D eigenvalue weighted by Crippen LogP contribution is -2.47. The third-order valence-electron chi connectivity index (χ3n) is 2.83. The van der Waals surface area contributed by atoms with Crippen molar-refractivity contribution in [1.29, 1.82) is 0 Å². The number of hydrogen-bond donors (Lipinski definition) is 2. The average Bonchev–Trinajstić information content (AvgIpc) is 2.42. The van der Waals surface area contributed by atoms with Crippen molar-refractivity contribution in [3.8, 4) is 0 Å². The first kappa shape index (κ1) is 18.5. The fourth-order valence-corrected chi connectivity index (χ4v) is 1.91. The lowest BCUT2D eigenvalue weighted by Gasteiger charge is -2.23. The summed E-state index contributed by atoms with van der Waals surface area (Å²) in [6.07, 6.45) is 0.248. The van der Waals surface area contributed by atoms with Crippen molar-refractivity contribution in [3.63, 3.8) is 0 Å². The van der Waals surface area contributed by atoms with Crippen LogP contribution in [-0.2, 0) is 17.9 Å². The highest BCUT2D eigenvalue weighted by molar-refractivity contribution is 5.80. The minimum atomic E-state index is -0.00600. The predicted octanol–water partition coefficient (Wildman–Crippen LogP) is 3.47. The molecule has 2 N–H and O–H groups in total. The van der Waals surface area contributed by atoms with Crippen LogP contribution in [0.25, 0.3) is 0 Å². The van der Waals surface area contributed by atoms with Crippen molar-refractivity contribution >= 4 is 5.96 Å². The van der Waals surface area contributed by atoms with Crippen molar-refractivity contribution in [2.75, 3.05) is 6.54 Å². The molecular weight excluding hydrogens is 274 g/mol. The lowest BCUT2D eigenvalue weighted by molar-refractivity contribution is 0.0657. The van der Waals surface area contributed by atoms with Gasteiger partial charge in [-0.2, -0.15) is 0 Å². The number of hydrogen-bond acceptors (Lipinski definition) is 2. The van der Waals surface area contributed by atoms with Crippen LogP contribution in [-0.4, -0.2) is 24.1 Å². The van der Waals surface area contributed by atoms with Crippen LogP contribution in [0.1, 0.15) is 52.7 Å². The highest BCUT2D eigenvalue weighted by atomic mass is 16.5. The van der Waals surface area contributed by atoms with Crippen LogP contribution in [0.3, 0.4) is 0 Å². The van der Waals surface area contributed by atoms with E-state index in [-0.39, 0.29) is 11.6 Å². The zero-order chi connectivity index (χ0) is 16.6. The Bertz CT molecular complexity index is 475. The van der Waals surface area contributed by atoms with Crippen LogP contribution in [0.4, 0.5) is 0 Å². The van der Waals surface area contributed by atoms with E-state index in [1.807, 2.05) is 0 Å². The van der Waals surface area contributed by atoms with Gasteiger partial charge in [0.2, 0.25) is 0 Å². The Morgan fingerprint density at radius 3 is 2.50 bits per heavy atom. The molecular formula is C18H31N3O. The van der Waals surface area contributed by atoms with E-state index in [1.165, 1.54) is 11.1 Å². The third kappa shape index (κ3) is 8.03. The zero-order valence-electron chi connectivity index (χ0n) is 14.9. The number of aliphatic imine (C=N–C) groups is 1. The second-order valence-corrected chi connectivity index (χ2v) is 6.75. The molecule has 22 heavy (non-hydrogen) atoms.